The summed E-state index contributed by atoms with van der Waals surface area (Å²) in [5.74, 6) is -0.327. The quantitative estimate of drug-likeness (QED) is 0.430. The van der Waals surface area contributed by atoms with E-state index in [-0.39, 0.29) is 6.04 Å². The molecule has 36 heavy (non-hydrogen) atoms. The van der Waals surface area contributed by atoms with Crippen molar-refractivity contribution in [2.75, 3.05) is 6.61 Å². The summed E-state index contributed by atoms with van der Waals surface area (Å²) in [6.07, 6.45) is 3.38. The van der Waals surface area contributed by atoms with Gasteiger partial charge >= 0.3 is 0 Å². The molecule has 5 atom stereocenters. The lowest BCUT2D eigenvalue weighted by atomic mass is 9.81. The fourth-order valence-corrected chi connectivity index (χ4v) is 5.89. The van der Waals surface area contributed by atoms with Gasteiger partial charge in [-0.3, -0.25) is 4.90 Å². The highest BCUT2D eigenvalue weighted by Gasteiger charge is 2.51. The summed E-state index contributed by atoms with van der Waals surface area (Å²) in [4.78, 5) is 2.46. The first-order valence-electron chi connectivity index (χ1n) is 13.5. The first kappa shape index (κ1) is 27.2. The average Bonchev–Trinajstić information content (AvgIpc) is 3.22. The lowest BCUT2D eigenvalue weighted by Crippen LogP contribution is -2.53. The van der Waals surface area contributed by atoms with Gasteiger partial charge in [-0.25, -0.2) is 0 Å². The largest absolute Gasteiger partial charge is 0.394 e. The number of ether oxygens (including phenoxy) is 2. The lowest BCUT2D eigenvalue weighted by Gasteiger charge is -2.40. The van der Waals surface area contributed by atoms with Crippen LogP contribution in [-0.4, -0.2) is 63.1 Å². The van der Waals surface area contributed by atoms with Crippen LogP contribution < -0.4 is 0 Å². The van der Waals surface area contributed by atoms with Crippen molar-refractivity contribution < 1.29 is 24.8 Å². The van der Waals surface area contributed by atoms with Gasteiger partial charge in [-0.1, -0.05) is 92.8 Å². The second-order valence-electron chi connectivity index (χ2n) is 11.0. The molecule has 2 aliphatic rings. The summed E-state index contributed by atoms with van der Waals surface area (Å²) in [7, 11) is 0. The van der Waals surface area contributed by atoms with E-state index in [0.29, 0.717) is 5.92 Å². The van der Waals surface area contributed by atoms with E-state index >= 15 is 0 Å². The van der Waals surface area contributed by atoms with Gasteiger partial charge in [0.1, 0.15) is 24.4 Å². The van der Waals surface area contributed by atoms with Crippen LogP contribution >= 0.6 is 0 Å². The molecule has 1 aliphatic heterocycles. The highest BCUT2D eigenvalue weighted by Crippen LogP contribution is 2.39. The van der Waals surface area contributed by atoms with E-state index in [4.69, 9.17) is 9.47 Å². The van der Waals surface area contributed by atoms with Crippen LogP contribution in [0.4, 0.5) is 0 Å². The van der Waals surface area contributed by atoms with Crippen molar-refractivity contribution in [3.05, 3.63) is 71.8 Å². The van der Waals surface area contributed by atoms with E-state index in [1.165, 1.54) is 43.2 Å². The Morgan fingerprint density at radius 2 is 1.36 bits per heavy atom. The molecule has 1 saturated heterocycles. The van der Waals surface area contributed by atoms with E-state index in [1.54, 1.807) is 0 Å². The maximum absolute atomic E-state index is 11.0. The van der Waals surface area contributed by atoms with E-state index in [2.05, 4.69) is 53.4 Å². The average molecular weight is 498 g/mol. The SMILES string of the molecule is CC1(C)O[C@@H]([C@H](O)[C@H](O)CO)[C@@H]([C@H](CC2CCCCC2)N(Cc2ccccc2)Cc2ccccc2)O1. The molecule has 2 aromatic carbocycles. The zero-order valence-electron chi connectivity index (χ0n) is 21.7. The summed E-state index contributed by atoms with van der Waals surface area (Å²) in [6, 6.07) is 20.9. The Morgan fingerprint density at radius 1 is 0.833 bits per heavy atom. The summed E-state index contributed by atoms with van der Waals surface area (Å²) >= 11 is 0. The number of benzene rings is 2. The Kier molecular flexibility index (Phi) is 9.56. The molecule has 6 nitrogen and oxygen atoms in total. The number of hydrogen-bond acceptors (Lipinski definition) is 6. The van der Waals surface area contributed by atoms with Gasteiger partial charge in [-0.15, -0.1) is 0 Å². The summed E-state index contributed by atoms with van der Waals surface area (Å²) in [6.45, 7) is 4.65. The van der Waals surface area contributed by atoms with Gasteiger partial charge in [0.25, 0.3) is 0 Å². The van der Waals surface area contributed by atoms with E-state index < -0.39 is 36.8 Å². The number of hydrogen-bond donors (Lipinski definition) is 3. The topological polar surface area (TPSA) is 82.4 Å². The molecule has 2 fully saturated rings. The van der Waals surface area contributed by atoms with Crippen molar-refractivity contribution in [2.45, 2.75) is 102 Å². The number of nitrogens with zero attached hydrogens (tertiary/aromatic N) is 1. The first-order valence-corrected chi connectivity index (χ1v) is 13.5. The lowest BCUT2D eigenvalue weighted by molar-refractivity contribution is -0.166. The minimum atomic E-state index is -1.29. The molecule has 2 aromatic rings. The normalized spacial score (nSPS) is 25.1. The summed E-state index contributed by atoms with van der Waals surface area (Å²) < 4.78 is 12.7. The third kappa shape index (κ3) is 7.15. The van der Waals surface area contributed by atoms with Gasteiger partial charge in [0.15, 0.2) is 5.79 Å². The first-order chi connectivity index (χ1) is 17.4. The van der Waals surface area contributed by atoms with Crippen LogP contribution in [0.5, 0.6) is 0 Å². The second kappa shape index (κ2) is 12.6. The van der Waals surface area contributed by atoms with Gasteiger partial charge in [0.05, 0.1) is 6.61 Å². The van der Waals surface area contributed by atoms with Crippen molar-refractivity contribution >= 4 is 0 Å². The molecule has 0 spiro atoms. The molecule has 1 saturated carbocycles. The molecular weight excluding hydrogens is 454 g/mol. The molecular formula is C30H43NO5. The smallest absolute Gasteiger partial charge is 0.163 e. The van der Waals surface area contributed by atoms with Gasteiger partial charge in [0, 0.05) is 19.1 Å². The van der Waals surface area contributed by atoms with E-state index in [9.17, 15) is 15.3 Å². The molecule has 198 valence electrons. The number of aliphatic hydroxyl groups excluding tert-OH is 3. The molecule has 1 heterocycles. The van der Waals surface area contributed by atoms with Crippen LogP contribution in [0, 0.1) is 5.92 Å². The minimum absolute atomic E-state index is 0.0409. The maximum atomic E-state index is 11.0. The molecule has 6 heteroatoms. The van der Waals surface area contributed by atoms with E-state index in [0.717, 1.165) is 19.5 Å². The van der Waals surface area contributed by atoms with Gasteiger partial charge in [0.2, 0.25) is 0 Å². The molecule has 0 radical (unpaired) electrons. The van der Waals surface area contributed by atoms with Crippen LogP contribution in [0.25, 0.3) is 0 Å². The predicted octanol–water partition coefficient (Wildman–Crippen LogP) is 4.26. The van der Waals surface area contributed by atoms with Crippen molar-refractivity contribution in [1.82, 2.24) is 4.90 Å². The van der Waals surface area contributed by atoms with Crippen molar-refractivity contribution in [2.24, 2.45) is 5.92 Å². The standard InChI is InChI=1S/C30H43NO5/c1-30(2)35-28(29(36-30)27(34)26(33)21-32)25(18-22-12-6-3-7-13-22)31(19-23-14-8-4-9-15-23)20-24-16-10-5-11-17-24/h4-5,8-11,14-17,22,25-29,32-34H,3,6-7,12-13,18-21H2,1-2H3/t25-,26+,27+,28+,29-/m0/s1. The van der Waals surface area contributed by atoms with Crippen molar-refractivity contribution in [1.29, 1.82) is 0 Å². The van der Waals surface area contributed by atoms with Gasteiger partial charge < -0.3 is 24.8 Å². The zero-order chi connectivity index (χ0) is 25.5. The van der Waals surface area contributed by atoms with Gasteiger partial charge in [-0.05, 0) is 37.3 Å². The van der Waals surface area contributed by atoms with Crippen LogP contribution in [0.2, 0.25) is 0 Å². The second-order valence-corrected chi connectivity index (χ2v) is 11.0. The highest BCUT2D eigenvalue weighted by atomic mass is 16.8. The molecule has 4 rings (SSSR count). The number of rotatable bonds is 11. The van der Waals surface area contributed by atoms with Crippen LogP contribution in [0.15, 0.2) is 60.7 Å². The maximum Gasteiger partial charge on any atom is 0.163 e. The van der Waals surface area contributed by atoms with Crippen molar-refractivity contribution in [3.63, 3.8) is 0 Å². The Hall–Kier alpha value is -1.80. The Bertz CT molecular complexity index is 861. The fourth-order valence-electron chi connectivity index (χ4n) is 5.89. The monoisotopic (exact) mass is 497 g/mol. The van der Waals surface area contributed by atoms with Crippen LogP contribution in [0.1, 0.15) is 63.5 Å². The zero-order valence-corrected chi connectivity index (χ0v) is 21.7. The predicted molar refractivity (Wildman–Crippen MR) is 140 cm³/mol. The molecule has 0 unspecified atom stereocenters. The van der Waals surface area contributed by atoms with Crippen molar-refractivity contribution in [3.8, 4) is 0 Å². The summed E-state index contributed by atoms with van der Waals surface area (Å²) in [5.41, 5.74) is 2.43. The highest BCUT2D eigenvalue weighted by molar-refractivity contribution is 5.18. The van der Waals surface area contributed by atoms with Crippen LogP contribution in [-0.2, 0) is 22.6 Å². The number of aliphatic hydroxyl groups is 3. The van der Waals surface area contributed by atoms with Crippen LogP contribution in [0.3, 0.4) is 0 Å². The Labute approximate surface area is 215 Å². The minimum Gasteiger partial charge on any atom is -0.394 e. The molecule has 0 bridgehead atoms. The summed E-state index contributed by atoms with van der Waals surface area (Å²) in [5, 5.41) is 30.9. The molecule has 0 aromatic heterocycles. The van der Waals surface area contributed by atoms with Gasteiger partial charge in [-0.2, -0.15) is 0 Å². The molecule has 1 aliphatic carbocycles. The third-order valence-electron chi connectivity index (χ3n) is 7.69. The third-order valence-corrected chi connectivity index (χ3v) is 7.69. The molecule has 3 N–H and O–H groups in total. The molecule has 0 amide bonds. The Morgan fingerprint density at radius 3 is 1.89 bits per heavy atom. The fraction of sp³-hybridized carbons (Fsp3) is 0.600. The van der Waals surface area contributed by atoms with E-state index in [1.807, 2.05) is 26.0 Å². The Balaban J connectivity index is 1.70.